The summed E-state index contributed by atoms with van der Waals surface area (Å²) in [5, 5.41) is 28.5. The molecular formula is C28H24ClN9O5. The van der Waals surface area contributed by atoms with E-state index >= 15 is 0 Å². The summed E-state index contributed by atoms with van der Waals surface area (Å²) in [4.78, 5) is 26.0. The van der Waals surface area contributed by atoms with Gasteiger partial charge in [-0.3, -0.25) is 10.1 Å². The van der Waals surface area contributed by atoms with Crippen molar-refractivity contribution >= 4 is 47.0 Å². The van der Waals surface area contributed by atoms with E-state index in [1.807, 2.05) is 23.1 Å². The molecule has 218 valence electrons. The number of aromatic nitrogens is 3. The molecule has 1 saturated heterocycles. The van der Waals surface area contributed by atoms with Crippen LogP contribution in [-0.4, -0.2) is 59.5 Å². The zero-order valence-electron chi connectivity index (χ0n) is 22.7. The number of nitrogens with zero attached hydrogens (tertiary/aromatic N) is 7. The highest BCUT2D eigenvalue weighted by atomic mass is 35.5. The molecule has 43 heavy (non-hydrogen) atoms. The lowest BCUT2D eigenvalue weighted by atomic mass is 10.2. The number of nitriles is 1. The number of anilines is 4. The lowest BCUT2D eigenvalue weighted by Gasteiger charge is -2.27. The zero-order chi connectivity index (χ0) is 30.2. The molecule has 2 heterocycles. The molecular weight excluding hydrogens is 578 g/mol. The fourth-order valence-corrected chi connectivity index (χ4v) is 4.20. The molecule has 4 aromatic rings. The first-order chi connectivity index (χ1) is 20.9. The van der Waals surface area contributed by atoms with Gasteiger partial charge in [0, 0.05) is 35.9 Å². The summed E-state index contributed by atoms with van der Waals surface area (Å²) in [5.74, 6) is 1.81. The summed E-state index contributed by atoms with van der Waals surface area (Å²) in [6, 6.07) is 17.9. The number of non-ortho nitro benzene ring substituents is 1. The van der Waals surface area contributed by atoms with Crippen LogP contribution in [0.1, 0.15) is 11.1 Å². The number of benzene rings is 3. The van der Waals surface area contributed by atoms with Crippen molar-refractivity contribution in [1.29, 1.82) is 5.26 Å². The van der Waals surface area contributed by atoms with Gasteiger partial charge in [-0.05, 0) is 48.0 Å². The monoisotopic (exact) mass is 601 g/mol. The van der Waals surface area contributed by atoms with Crippen molar-refractivity contribution in [2.45, 2.75) is 0 Å². The molecule has 0 aliphatic carbocycles. The first-order valence-electron chi connectivity index (χ1n) is 12.9. The molecule has 15 heteroatoms. The van der Waals surface area contributed by atoms with Gasteiger partial charge in [-0.1, -0.05) is 17.7 Å². The Balaban J connectivity index is 1.34. The lowest BCUT2D eigenvalue weighted by Crippen LogP contribution is -2.37. The normalized spacial score (nSPS) is 12.9. The maximum absolute atomic E-state index is 11.0. The minimum absolute atomic E-state index is 0.0177. The summed E-state index contributed by atoms with van der Waals surface area (Å²) in [5.41, 5.74) is 4.03. The van der Waals surface area contributed by atoms with Crippen LogP contribution in [0.5, 0.6) is 17.2 Å². The number of nitrogens with one attached hydrogen (secondary N) is 2. The quantitative estimate of drug-likeness (QED) is 0.139. The second-order valence-corrected chi connectivity index (χ2v) is 9.39. The number of morpholine rings is 1. The summed E-state index contributed by atoms with van der Waals surface area (Å²) >= 11 is 6.12. The van der Waals surface area contributed by atoms with E-state index in [9.17, 15) is 15.4 Å². The molecule has 1 aliphatic heterocycles. The predicted octanol–water partition coefficient (Wildman–Crippen LogP) is 5.13. The zero-order valence-corrected chi connectivity index (χ0v) is 23.5. The van der Waals surface area contributed by atoms with Crippen molar-refractivity contribution < 1.29 is 19.1 Å². The van der Waals surface area contributed by atoms with E-state index in [0.29, 0.717) is 66.0 Å². The van der Waals surface area contributed by atoms with Gasteiger partial charge < -0.3 is 24.4 Å². The van der Waals surface area contributed by atoms with Gasteiger partial charge in [0.05, 0.1) is 31.5 Å². The van der Waals surface area contributed by atoms with Crippen LogP contribution in [0.15, 0.2) is 65.8 Å². The Bertz CT molecular complexity index is 1710. The smallest absolute Gasteiger partial charge is 0.271 e. The largest absolute Gasteiger partial charge is 0.493 e. The van der Waals surface area contributed by atoms with E-state index in [-0.39, 0.29) is 22.9 Å². The van der Waals surface area contributed by atoms with Gasteiger partial charge >= 0.3 is 0 Å². The Morgan fingerprint density at radius 2 is 1.86 bits per heavy atom. The average molecular weight is 602 g/mol. The van der Waals surface area contributed by atoms with Gasteiger partial charge in [0.1, 0.15) is 17.4 Å². The van der Waals surface area contributed by atoms with Crippen LogP contribution in [0.25, 0.3) is 0 Å². The number of methoxy groups -OCH3 is 1. The van der Waals surface area contributed by atoms with Crippen LogP contribution in [0, 0.1) is 21.4 Å². The van der Waals surface area contributed by atoms with Gasteiger partial charge in [0.15, 0.2) is 11.5 Å². The number of ether oxygens (including phenoxy) is 3. The standard InChI is InChI=1S/C28H24ClN9O5/c1-41-25-13-18(5-7-24(25)43-23-8-6-22(38(39)40)14-19(23)16-30)17-31-36-27-33-26(32-21-4-2-3-20(29)15-21)34-28(35-27)37-9-11-42-12-10-37/h2-8,13-15,17H,9-12H2,1H3,(H2,32,33,34,35,36)/b31-17-. The van der Waals surface area contributed by atoms with Crippen molar-refractivity contribution in [2.24, 2.45) is 5.10 Å². The van der Waals surface area contributed by atoms with Crippen LogP contribution in [0.3, 0.4) is 0 Å². The van der Waals surface area contributed by atoms with E-state index in [0.717, 1.165) is 6.07 Å². The van der Waals surface area contributed by atoms with Crippen molar-refractivity contribution in [3.05, 3.63) is 86.9 Å². The molecule has 0 atom stereocenters. The number of halogens is 1. The number of hydrogen-bond acceptors (Lipinski definition) is 13. The van der Waals surface area contributed by atoms with Crippen LogP contribution in [0.4, 0.5) is 29.2 Å². The third-order valence-electron chi connectivity index (χ3n) is 6.08. The molecule has 0 amide bonds. The number of nitro groups is 1. The fourth-order valence-electron chi connectivity index (χ4n) is 4.01. The maximum Gasteiger partial charge on any atom is 0.271 e. The van der Waals surface area contributed by atoms with Crippen molar-refractivity contribution in [3.8, 4) is 23.3 Å². The van der Waals surface area contributed by atoms with Crippen LogP contribution in [0.2, 0.25) is 5.02 Å². The third-order valence-corrected chi connectivity index (χ3v) is 6.31. The first kappa shape index (κ1) is 29.0. The first-order valence-corrected chi connectivity index (χ1v) is 13.2. The Kier molecular flexibility index (Phi) is 9.05. The summed E-state index contributed by atoms with van der Waals surface area (Å²) in [7, 11) is 1.47. The highest BCUT2D eigenvalue weighted by molar-refractivity contribution is 6.30. The van der Waals surface area contributed by atoms with Crippen LogP contribution >= 0.6 is 11.6 Å². The van der Waals surface area contributed by atoms with Gasteiger partial charge in [0.2, 0.25) is 17.8 Å². The number of hydrazone groups is 1. The third kappa shape index (κ3) is 7.41. The molecule has 0 radical (unpaired) electrons. The Morgan fingerprint density at radius 3 is 2.60 bits per heavy atom. The molecule has 2 N–H and O–H groups in total. The van der Waals surface area contributed by atoms with E-state index in [1.165, 1.54) is 19.2 Å². The molecule has 3 aromatic carbocycles. The molecule has 1 aromatic heterocycles. The second-order valence-electron chi connectivity index (χ2n) is 8.95. The Hall–Kier alpha value is -5.52. The van der Waals surface area contributed by atoms with Crippen molar-refractivity contribution in [2.75, 3.05) is 49.1 Å². The molecule has 0 spiro atoms. The lowest BCUT2D eigenvalue weighted by molar-refractivity contribution is -0.384. The molecule has 0 saturated carbocycles. The molecule has 5 rings (SSSR count). The topological polar surface area (TPSA) is 173 Å². The molecule has 0 bridgehead atoms. The molecule has 14 nitrogen and oxygen atoms in total. The minimum Gasteiger partial charge on any atom is -0.493 e. The number of rotatable bonds is 10. The molecule has 1 aliphatic rings. The van der Waals surface area contributed by atoms with Gasteiger partial charge in [0.25, 0.3) is 5.69 Å². The SMILES string of the molecule is COc1cc(/C=N\Nc2nc(Nc3cccc(Cl)c3)nc(N3CCOCC3)n2)ccc1Oc1ccc([N+](=O)[O-])cc1C#N. The van der Waals surface area contributed by atoms with Crippen molar-refractivity contribution in [3.63, 3.8) is 0 Å². The van der Waals surface area contributed by atoms with E-state index in [1.54, 1.807) is 36.5 Å². The summed E-state index contributed by atoms with van der Waals surface area (Å²) in [6.07, 6.45) is 1.54. The van der Waals surface area contributed by atoms with Crippen LogP contribution in [-0.2, 0) is 4.74 Å². The van der Waals surface area contributed by atoms with Gasteiger partial charge in [-0.2, -0.15) is 25.3 Å². The Morgan fingerprint density at radius 1 is 1.07 bits per heavy atom. The number of hydrogen-bond donors (Lipinski definition) is 2. The van der Waals surface area contributed by atoms with E-state index in [2.05, 4.69) is 30.8 Å². The van der Waals surface area contributed by atoms with Crippen molar-refractivity contribution in [1.82, 2.24) is 15.0 Å². The molecule has 1 fully saturated rings. The summed E-state index contributed by atoms with van der Waals surface area (Å²) < 4.78 is 16.7. The highest BCUT2D eigenvalue weighted by Crippen LogP contribution is 2.34. The maximum atomic E-state index is 11.0. The molecule has 0 unspecified atom stereocenters. The number of nitro benzene ring substituents is 1. The predicted molar refractivity (Wildman–Crippen MR) is 160 cm³/mol. The average Bonchev–Trinajstić information content (AvgIpc) is 3.02. The van der Waals surface area contributed by atoms with Gasteiger partial charge in [-0.25, -0.2) is 5.43 Å². The van der Waals surface area contributed by atoms with E-state index < -0.39 is 4.92 Å². The van der Waals surface area contributed by atoms with E-state index in [4.69, 9.17) is 25.8 Å². The summed E-state index contributed by atoms with van der Waals surface area (Å²) in [6.45, 7) is 2.39. The van der Waals surface area contributed by atoms with Gasteiger partial charge in [-0.15, -0.1) is 0 Å². The second kappa shape index (κ2) is 13.4. The van der Waals surface area contributed by atoms with Crippen LogP contribution < -0.4 is 25.1 Å². The minimum atomic E-state index is -0.579. The fraction of sp³-hybridized carbons (Fsp3) is 0.179. The Labute approximate surface area is 250 Å². The highest BCUT2D eigenvalue weighted by Gasteiger charge is 2.17.